The van der Waals surface area contributed by atoms with Crippen LogP contribution in [0, 0.1) is 5.92 Å². The molecule has 0 aliphatic heterocycles. The number of halogens is 1. The van der Waals surface area contributed by atoms with Crippen molar-refractivity contribution < 1.29 is 19.4 Å². The summed E-state index contributed by atoms with van der Waals surface area (Å²) >= 11 is 3.42. The molecule has 1 atom stereocenters. The number of aliphatic carboxylic acids is 1. The van der Waals surface area contributed by atoms with Crippen molar-refractivity contribution in [2.45, 2.75) is 32.2 Å². The second kappa shape index (κ2) is 8.45. The highest BCUT2D eigenvalue weighted by Crippen LogP contribution is 2.22. The van der Waals surface area contributed by atoms with Crippen LogP contribution in [0.15, 0.2) is 28.7 Å². The van der Waals surface area contributed by atoms with Crippen LogP contribution in [0.25, 0.3) is 0 Å². The number of amides is 1. The third-order valence-electron chi connectivity index (χ3n) is 4.08. The van der Waals surface area contributed by atoms with Crippen molar-refractivity contribution in [2.24, 2.45) is 5.92 Å². The molecule has 0 aliphatic rings. The van der Waals surface area contributed by atoms with Crippen molar-refractivity contribution in [3.8, 4) is 0 Å². The molecule has 1 aromatic rings. The van der Waals surface area contributed by atoms with E-state index in [1.807, 2.05) is 24.3 Å². The highest BCUT2D eigenvalue weighted by Gasteiger charge is 2.37. The summed E-state index contributed by atoms with van der Waals surface area (Å²) in [5.74, 6) is -1.54. The molecule has 0 saturated carbocycles. The van der Waals surface area contributed by atoms with Gasteiger partial charge in [0.2, 0.25) is 5.91 Å². The van der Waals surface area contributed by atoms with E-state index in [4.69, 9.17) is 4.74 Å². The van der Waals surface area contributed by atoms with E-state index in [0.717, 1.165) is 10.0 Å². The molecule has 0 aliphatic carbocycles. The largest absolute Gasteiger partial charge is 0.480 e. The van der Waals surface area contributed by atoms with E-state index in [2.05, 4.69) is 15.9 Å². The van der Waals surface area contributed by atoms with Crippen LogP contribution in [0.3, 0.4) is 0 Å². The third-order valence-corrected chi connectivity index (χ3v) is 4.58. The summed E-state index contributed by atoms with van der Waals surface area (Å²) in [5, 5.41) is 9.32. The highest BCUT2D eigenvalue weighted by atomic mass is 79.9. The number of nitrogens with zero attached hydrogens (tertiary/aromatic N) is 1. The fraction of sp³-hybridized carbons (Fsp3) is 0.529. The van der Waals surface area contributed by atoms with Crippen LogP contribution < -0.4 is 0 Å². The van der Waals surface area contributed by atoms with Gasteiger partial charge < -0.3 is 14.7 Å². The van der Waals surface area contributed by atoms with Crippen molar-refractivity contribution in [3.05, 3.63) is 34.3 Å². The van der Waals surface area contributed by atoms with Crippen molar-refractivity contribution >= 4 is 27.8 Å². The molecule has 1 rings (SSSR count). The molecule has 0 spiro atoms. The molecule has 0 bridgehead atoms. The van der Waals surface area contributed by atoms with Crippen LogP contribution in [-0.4, -0.2) is 48.2 Å². The average molecular weight is 386 g/mol. The van der Waals surface area contributed by atoms with E-state index in [-0.39, 0.29) is 11.8 Å². The summed E-state index contributed by atoms with van der Waals surface area (Å²) < 4.78 is 6.05. The average Bonchev–Trinajstić information content (AvgIpc) is 2.49. The van der Waals surface area contributed by atoms with Crippen molar-refractivity contribution in [1.82, 2.24) is 4.90 Å². The molecule has 0 radical (unpaired) electrons. The van der Waals surface area contributed by atoms with Crippen LogP contribution in [0.1, 0.15) is 25.8 Å². The standard InChI is InChI=1S/C17H24BrNO4/c1-17(2,16(21)22)19(3)15(20)13(8-9-23-4)10-12-6-5-7-14(18)11-12/h5-7,11,13H,8-10H2,1-4H3,(H,21,22). The van der Waals surface area contributed by atoms with Crippen LogP contribution in [0.4, 0.5) is 0 Å². The summed E-state index contributed by atoms with van der Waals surface area (Å²) in [6.07, 6.45) is 1.09. The smallest absolute Gasteiger partial charge is 0.329 e. The minimum atomic E-state index is -1.25. The fourth-order valence-corrected chi connectivity index (χ4v) is 2.66. The van der Waals surface area contributed by atoms with E-state index in [9.17, 15) is 14.7 Å². The Balaban J connectivity index is 2.96. The molecule has 0 fully saturated rings. The first-order valence-corrected chi connectivity index (χ1v) is 8.24. The van der Waals surface area contributed by atoms with Gasteiger partial charge in [-0.3, -0.25) is 4.79 Å². The summed E-state index contributed by atoms with van der Waals surface area (Å²) in [7, 11) is 3.13. The topological polar surface area (TPSA) is 66.8 Å². The Bertz CT molecular complexity index is 559. The Kier molecular flexibility index (Phi) is 7.22. The van der Waals surface area contributed by atoms with E-state index >= 15 is 0 Å². The van der Waals surface area contributed by atoms with Gasteiger partial charge in [0.15, 0.2) is 0 Å². The van der Waals surface area contributed by atoms with Gasteiger partial charge in [0.05, 0.1) is 0 Å². The maximum absolute atomic E-state index is 12.8. The van der Waals surface area contributed by atoms with Gasteiger partial charge in [-0.1, -0.05) is 28.1 Å². The van der Waals surface area contributed by atoms with Gasteiger partial charge in [-0.2, -0.15) is 0 Å². The summed E-state index contributed by atoms with van der Waals surface area (Å²) in [5.41, 5.74) is -0.227. The zero-order valence-corrected chi connectivity index (χ0v) is 15.6. The van der Waals surface area contributed by atoms with Crippen LogP contribution in [0.5, 0.6) is 0 Å². The number of benzene rings is 1. The number of carbonyl (C=O) groups excluding carboxylic acids is 1. The van der Waals surface area contributed by atoms with Gasteiger partial charge in [0, 0.05) is 31.2 Å². The number of carboxylic acid groups (broad SMARTS) is 1. The maximum atomic E-state index is 12.8. The van der Waals surface area contributed by atoms with Gasteiger partial charge in [-0.25, -0.2) is 4.79 Å². The zero-order chi connectivity index (χ0) is 17.6. The SMILES string of the molecule is COCCC(Cc1cccc(Br)c1)C(=O)N(C)C(C)(C)C(=O)O. The Hall–Kier alpha value is -1.40. The minimum Gasteiger partial charge on any atom is -0.480 e. The maximum Gasteiger partial charge on any atom is 0.329 e. The molecule has 128 valence electrons. The summed E-state index contributed by atoms with van der Waals surface area (Å²) in [4.78, 5) is 25.5. The molecule has 0 aromatic heterocycles. The number of carbonyl (C=O) groups is 2. The molecular formula is C17H24BrNO4. The fourth-order valence-electron chi connectivity index (χ4n) is 2.21. The van der Waals surface area contributed by atoms with Gasteiger partial charge in [-0.05, 0) is 44.4 Å². The molecule has 0 heterocycles. The molecule has 0 saturated heterocycles. The number of ether oxygens (including phenoxy) is 1. The van der Waals surface area contributed by atoms with Gasteiger partial charge in [-0.15, -0.1) is 0 Å². The summed E-state index contributed by atoms with van der Waals surface area (Å²) in [6.45, 7) is 3.51. The molecule has 1 amide bonds. The van der Waals surface area contributed by atoms with E-state index < -0.39 is 11.5 Å². The lowest BCUT2D eigenvalue weighted by Gasteiger charge is -2.34. The first-order chi connectivity index (χ1) is 10.7. The lowest BCUT2D eigenvalue weighted by atomic mass is 9.93. The zero-order valence-electron chi connectivity index (χ0n) is 14.0. The monoisotopic (exact) mass is 385 g/mol. The van der Waals surface area contributed by atoms with Gasteiger partial charge in [0.25, 0.3) is 0 Å². The van der Waals surface area contributed by atoms with E-state index in [0.29, 0.717) is 19.4 Å². The number of carboxylic acids is 1. The quantitative estimate of drug-likeness (QED) is 0.746. The molecule has 1 N–H and O–H groups in total. The van der Waals surface area contributed by atoms with Crippen LogP contribution >= 0.6 is 15.9 Å². The first kappa shape index (κ1) is 19.6. The molecule has 1 aromatic carbocycles. The molecule has 1 unspecified atom stereocenters. The predicted molar refractivity (Wildman–Crippen MR) is 92.3 cm³/mol. The molecular weight excluding hydrogens is 362 g/mol. The Morgan fingerprint density at radius 3 is 2.57 bits per heavy atom. The Morgan fingerprint density at radius 1 is 1.39 bits per heavy atom. The lowest BCUT2D eigenvalue weighted by molar-refractivity contribution is -0.157. The molecule has 6 heteroatoms. The van der Waals surface area contributed by atoms with Gasteiger partial charge in [0.1, 0.15) is 5.54 Å². The Labute approximate surface area is 145 Å². The minimum absolute atomic E-state index is 0.186. The Morgan fingerprint density at radius 2 is 2.04 bits per heavy atom. The number of methoxy groups -OCH3 is 1. The van der Waals surface area contributed by atoms with Crippen molar-refractivity contribution in [1.29, 1.82) is 0 Å². The normalized spacial score (nSPS) is 12.7. The highest BCUT2D eigenvalue weighted by molar-refractivity contribution is 9.10. The van der Waals surface area contributed by atoms with E-state index in [1.165, 1.54) is 25.8 Å². The molecule has 23 heavy (non-hydrogen) atoms. The second-order valence-corrected chi connectivity index (χ2v) is 6.99. The third kappa shape index (κ3) is 5.32. The number of likely N-dealkylation sites (N-methyl/N-ethyl adjacent to an activating group) is 1. The second-order valence-electron chi connectivity index (χ2n) is 6.07. The first-order valence-electron chi connectivity index (χ1n) is 7.44. The molecule has 5 nitrogen and oxygen atoms in total. The van der Waals surface area contributed by atoms with Crippen molar-refractivity contribution in [3.63, 3.8) is 0 Å². The van der Waals surface area contributed by atoms with Crippen molar-refractivity contribution in [2.75, 3.05) is 20.8 Å². The van der Waals surface area contributed by atoms with Crippen LogP contribution in [0.2, 0.25) is 0 Å². The number of rotatable bonds is 8. The van der Waals surface area contributed by atoms with Gasteiger partial charge >= 0.3 is 5.97 Å². The van der Waals surface area contributed by atoms with Crippen LogP contribution in [-0.2, 0) is 20.7 Å². The summed E-state index contributed by atoms with van der Waals surface area (Å²) in [6, 6.07) is 7.77. The predicted octanol–water partition coefficient (Wildman–Crippen LogP) is 2.97. The number of hydrogen-bond acceptors (Lipinski definition) is 3. The number of hydrogen-bond donors (Lipinski definition) is 1. The van der Waals surface area contributed by atoms with E-state index in [1.54, 1.807) is 7.11 Å². The lowest BCUT2D eigenvalue weighted by Crippen LogP contribution is -2.52.